The highest BCUT2D eigenvalue weighted by Gasteiger charge is 2.24. The summed E-state index contributed by atoms with van der Waals surface area (Å²) in [4.78, 5) is 11.2. The van der Waals surface area contributed by atoms with Gasteiger partial charge in [-0.1, -0.05) is 27.5 Å². The van der Waals surface area contributed by atoms with E-state index in [1.54, 1.807) is 12.1 Å². The Morgan fingerprint density at radius 3 is 2.62 bits per heavy atom. The summed E-state index contributed by atoms with van der Waals surface area (Å²) in [7, 11) is 2.60. The van der Waals surface area contributed by atoms with Crippen molar-refractivity contribution in [2.24, 2.45) is 0 Å². The predicted molar refractivity (Wildman–Crippen MR) is 62.7 cm³/mol. The largest absolute Gasteiger partial charge is 0.495 e. The van der Waals surface area contributed by atoms with Gasteiger partial charge in [-0.25, -0.2) is 4.79 Å². The van der Waals surface area contributed by atoms with Gasteiger partial charge in [-0.15, -0.1) is 0 Å². The van der Waals surface area contributed by atoms with E-state index in [-0.39, 0.29) is 11.3 Å². The molecule has 0 aliphatic rings. The topological polar surface area (TPSA) is 55.8 Å². The van der Waals surface area contributed by atoms with E-state index < -0.39 is 12.1 Å². The average molecular weight is 310 g/mol. The second kappa shape index (κ2) is 5.52. The smallest absolute Gasteiger partial charge is 0.339 e. The Morgan fingerprint density at radius 2 is 2.12 bits per heavy atom. The van der Waals surface area contributed by atoms with Crippen molar-refractivity contribution in [1.29, 1.82) is 0 Å². The number of hydrogen-bond donors (Lipinski definition) is 1. The van der Waals surface area contributed by atoms with Crippen molar-refractivity contribution in [3.8, 4) is 5.75 Å². The Balaban J connectivity index is 3.25. The van der Waals surface area contributed by atoms with Crippen LogP contribution in [0, 0.1) is 0 Å². The molecular formula is C10H10BrClO4. The Kier molecular flexibility index (Phi) is 4.58. The molecule has 1 N–H and O–H groups in total. The van der Waals surface area contributed by atoms with Crippen molar-refractivity contribution in [3.05, 3.63) is 27.2 Å². The molecule has 0 bridgehead atoms. The molecule has 0 amide bonds. The minimum Gasteiger partial charge on any atom is -0.495 e. The van der Waals surface area contributed by atoms with Gasteiger partial charge >= 0.3 is 5.97 Å². The molecule has 0 aliphatic heterocycles. The molecule has 88 valence electrons. The number of carbonyl (C=O) groups excluding carboxylic acids is 1. The van der Waals surface area contributed by atoms with E-state index in [1.165, 1.54) is 14.2 Å². The molecule has 16 heavy (non-hydrogen) atoms. The molecule has 1 aromatic rings. The Labute approximate surface area is 106 Å². The molecule has 0 spiro atoms. The van der Waals surface area contributed by atoms with Crippen LogP contribution in [0.1, 0.15) is 11.7 Å². The molecule has 0 aromatic heterocycles. The van der Waals surface area contributed by atoms with Gasteiger partial charge in [-0.2, -0.15) is 0 Å². The summed E-state index contributed by atoms with van der Waals surface area (Å²) in [6.07, 6.45) is -1.42. The van der Waals surface area contributed by atoms with E-state index in [4.69, 9.17) is 16.3 Å². The van der Waals surface area contributed by atoms with Crippen molar-refractivity contribution < 1.29 is 19.4 Å². The SMILES string of the molecule is COC(=O)C(O)c1cc(Br)cc(Cl)c1OC. The Bertz CT molecular complexity index is 408. The first kappa shape index (κ1) is 13.3. The second-order valence-electron chi connectivity index (χ2n) is 2.94. The minimum absolute atomic E-state index is 0.253. The van der Waals surface area contributed by atoms with Gasteiger partial charge in [0.25, 0.3) is 0 Å². The van der Waals surface area contributed by atoms with Crippen molar-refractivity contribution >= 4 is 33.5 Å². The van der Waals surface area contributed by atoms with Gasteiger partial charge < -0.3 is 14.6 Å². The molecule has 4 nitrogen and oxygen atoms in total. The van der Waals surface area contributed by atoms with Gasteiger partial charge in [0.15, 0.2) is 6.10 Å². The fraction of sp³-hybridized carbons (Fsp3) is 0.300. The number of halogens is 2. The predicted octanol–water partition coefficient (Wildman–Crippen LogP) is 2.32. The van der Waals surface area contributed by atoms with Crippen LogP contribution in [0.15, 0.2) is 16.6 Å². The van der Waals surface area contributed by atoms with Crippen LogP contribution in [0.2, 0.25) is 5.02 Å². The van der Waals surface area contributed by atoms with E-state index in [2.05, 4.69) is 20.7 Å². The maximum Gasteiger partial charge on any atom is 0.339 e. The number of methoxy groups -OCH3 is 2. The first-order valence-electron chi connectivity index (χ1n) is 4.30. The van der Waals surface area contributed by atoms with Crippen LogP contribution in [-0.4, -0.2) is 25.3 Å². The molecule has 0 aliphatic carbocycles. The quantitative estimate of drug-likeness (QED) is 0.871. The van der Waals surface area contributed by atoms with Crippen molar-refractivity contribution in [2.45, 2.75) is 6.10 Å². The standard InChI is InChI=1S/C10H10BrClO4/c1-15-9-6(8(13)10(14)16-2)3-5(11)4-7(9)12/h3-4,8,13H,1-2H3. The summed E-state index contributed by atoms with van der Waals surface area (Å²) in [5.41, 5.74) is 0.258. The molecule has 0 saturated carbocycles. The summed E-state index contributed by atoms with van der Waals surface area (Å²) in [5, 5.41) is 10.0. The Morgan fingerprint density at radius 1 is 1.50 bits per heavy atom. The molecule has 0 saturated heterocycles. The van der Waals surface area contributed by atoms with Gasteiger partial charge in [0, 0.05) is 10.0 Å². The molecule has 0 heterocycles. The summed E-state index contributed by atoms with van der Waals surface area (Å²) in [5.74, 6) is -0.518. The van der Waals surface area contributed by atoms with Gasteiger partial charge in [0.1, 0.15) is 5.75 Å². The van der Waals surface area contributed by atoms with E-state index in [0.717, 1.165) is 0 Å². The lowest BCUT2D eigenvalue weighted by atomic mass is 10.1. The number of benzene rings is 1. The fourth-order valence-corrected chi connectivity index (χ4v) is 2.15. The zero-order chi connectivity index (χ0) is 12.3. The lowest BCUT2D eigenvalue weighted by Gasteiger charge is -2.14. The molecule has 1 aromatic carbocycles. The molecule has 0 fully saturated rings. The summed E-state index contributed by atoms with van der Waals surface area (Å²) >= 11 is 9.12. The monoisotopic (exact) mass is 308 g/mol. The third-order valence-electron chi connectivity index (χ3n) is 1.96. The van der Waals surface area contributed by atoms with Crippen molar-refractivity contribution in [3.63, 3.8) is 0 Å². The van der Waals surface area contributed by atoms with Gasteiger partial charge in [-0.3, -0.25) is 0 Å². The van der Waals surface area contributed by atoms with Gasteiger partial charge in [0.05, 0.1) is 19.2 Å². The minimum atomic E-state index is -1.42. The molecule has 1 rings (SSSR count). The fourth-order valence-electron chi connectivity index (χ4n) is 1.24. The van der Waals surface area contributed by atoms with E-state index in [1.807, 2.05) is 0 Å². The highest BCUT2D eigenvalue weighted by molar-refractivity contribution is 9.10. The highest BCUT2D eigenvalue weighted by atomic mass is 79.9. The van der Waals surface area contributed by atoms with Crippen LogP contribution in [0.25, 0.3) is 0 Å². The van der Waals surface area contributed by atoms with Crippen molar-refractivity contribution in [2.75, 3.05) is 14.2 Å². The lowest BCUT2D eigenvalue weighted by molar-refractivity contribution is -0.150. The van der Waals surface area contributed by atoms with Gasteiger partial charge in [0.2, 0.25) is 0 Å². The summed E-state index contributed by atoms with van der Waals surface area (Å²) < 4.78 is 10.1. The van der Waals surface area contributed by atoms with E-state index in [0.29, 0.717) is 9.50 Å². The number of aliphatic hydroxyl groups excluding tert-OH is 1. The van der Waals surface area contributed by atoms with Gasteiger partial charge in [-0.05, 0) is 12.1 Å². The van der Waals surface area contributed by atoms with Crippen LogP contribution in [-0.2, 0) is 9.53 Å². The van der Waals surface area contributed by atoms with Crippen LogP contribution < -0.4 is 4.74 Å². The van der Waals surface area contributed by atoms with Crippen LogP contribution in [0.4, 0.5) is 0 Å². The third-order valence-corrected chi connectivity index (χ3v) is 2.70. The van der Waals surface area contributed by atoms with Crippen LogP contribution in [0.3, 0.4) is 0 Å². The molecular weight excluding hydrogens is 299 g/mol. The number of hydrogen-bond acceptors (Lipinski definition) is 4. The van der Waals surface area contributed by atoms with Crippen LogP contribution in [0.5, 0.6) is 5.75 Å². The third kappa shape index (κ3) is 2.66. The van der Waals surface area contributed by atoms with Crippen molar-refractivity contribution in [1.82, 2.24) is 0 Å². The zero-order valence-corrected chi connectivity index (χ0v) is 11.0. The number of carbonyl (C=O) groups is 1. The number of rotatable bonds is 3. The average Bonchev–Trinajstić information content (AvgIpc) is 2.26. The maximum atomic E-state index is 11.2. The first-order chi connectivity index (χ1) is 7.51. The van der Waals surface area contributed by atoms with Crippen LogP contribution >= 0.6 is 27.5 Å². The second-order valence-corrected chi connectivity index (χ2v) is 4.26. The number of aliphatic hydroxyl groups is 1. The molecule has 1 atom stereocenters. The molecule has 6 heteroatoms. The highest BCUT2D eigenvalue weighted by Crippen LogP contribution is 2.36. The zero-order valence-electron chi connectivity index (χ0n) is 8.66. The maximum absolute atomic E-state index is 11.2. The Hall–Kier alpha value is -0.780. The van der Waals surface area contributed by atoms with E-state index >= 15 is 0 Å². The molecule has 0 radical (unpaired) electrons. The molecule has 1 unspecified atom stereocenters. The number of esters is 1. The number of ether oxygens (including phenoxy) is 2. The van der Waals surface area contributed by atoms with E-state index in [9.17, 15) is 9.90 Å². The normalized spacial score (nSPS) is 12.1. The lowest BCUT2D eigenvalue weighted by Crippen LogP contribution is -2.14. The summed E-state index contributed by atoms with van der Waals surface area (Å²) in [6.45, 7) is 0. The first-order valence-corrected chi connectivity index (χ1v) is 5.47. The summed E-state index contributed by atoms with van der Waals surface area (Å²) in [6, 6.07) is 3.15.